The van der Waals surface area contributed by atoms with Crippen LogP contribution < -0.4 is 4.72 Å². The van der Waals surface area contributed by atoms with Crippen LogP contribution in [-0.2, 0) is 24.7 Å². The Labute approximate surface area is 139 Å². The minimum absolute atomic E-state index is 0.0337. The highest BCUT2D eigenvalue weighted by atomic mass is 32.2. The van der Waals surface area contributed by atoms with Crippen LogP contribution in [0.4, 0.5) is 0 Å². The summed E-state index contributed by atoms with van der Waals surface area (Å²) in [5, 5.41) is 8.80. The number of nitrogens with one attached hydrogen (secondary N) is 1. The molecule has 128 valence electrons. The van der Waals surface area contributed by atoms with Gasteiger partial charge in [-0.2, -0.15) is 4.72 Å². The first-order valence-corrected chi connectivity index (χ1v) is 9.76. The molecule has 0 saturated heterocycles. The highest BCUT2D eigenvalue weighted by Gasteiger charge is 2.24. The van der Waals surface area contributed by atoms with Gasteiger partial charge in [-0.3, -0.25) is 4.79 Å². The average molecular weight is 369 g/mol. The zero-order valence-electron chi connectivity index (χ0n) is 12.6. The van der Waals surface area contributed by atoms with E-state index >= 15 is 0 Å². The van der Waals surface area contributed by atoms with Crippen LogP contribution in [0.2, 0.25) is 0 Å². The largest absolute Gasteiger partial charge is 0.480 e. The zero-order chi connectivity index (χ0) is 18.0. The summed E-state index contributed by atoms with van der Waals surface area (Å²) in [6.45, 7) is 1.17. The zero-order valence-corrected chi connectivity index (χ0v) is 14.2. The molecule has 0 unspecified atom stereocenters. The van der Waals surface area contributed by atoms with Gasteiger partial charge in [-0.15, -0.1) is 0 Å². The van der Waals surface area contributed by atoms with E-state index in [2.05, 4.69) is 0 Å². The molecule has 9 heteroatoms. The topological polar surface area (TPSA) is 118 Å². The third-order valence-electron chi connectivity index (χ3n) is 3.18. The number of carboxylic acid groups (broad SMARTS) is 1. The van der Waals surface area contributed by atoms with E-state index in [9.17, 15) is 21.6 Å². The van der Waals surface area contributed by atoms with Crippen molar-refractivity contribution in [2.45, 2.75) is 27.7 Å². The number of rotatable bonds is 6. The van der Waals surface area contributed by atoms with Gasteiger partial charge in [-0.1, -0.05) is 24.3 Å². The van der Waals surface area contributed by atoms with Gasteiger partial charge in [0.15, 0.2) is 0 Å². The van der Waals surface area contributed by atoms with E-state index in [4.69, 9.17) is 5.11 Å². The fourth-order valence-electron chi connectivity index (χ4n) is 1.90. The molecule has 0 radical (unpaired) electrons. The smallest absolute Gasteiger partial charge is 0.321 e. The maximum atomic E-state index is 12.5. The second-order valence-corrected chi connectivity index (χ2v) is 8.64. The van der Waals surface area contributed by atoms with Gasteiger partial charge in [-0.25, -0.2) is 16.8 Å². The molecule has 0 fully saturated rings. The van der Waals surface area contributed by atoms with Gasteiger partial charge in [0.05, 0.1) is 14.7 Å². The van der Waals surface area contributed by atoms with Gasteiger partial charge in [0.2, 0.25) is 19.9 Å². The van der Waals surface area contributed by atoms with Crippen molar-refractivity contribution >= 4 is 25.8 Å². The van der Waals surface area contributed by atoms with E-state index in [-0.39, 0.29) is 14.7 Å². The monoisotopic (exact) mass is 369 g/mol. The lowest BCUT2D eigenvalue weighted by Crippen LogP contribution is -2.38. The Balaban J connectivity index is 2.45. The quantitative estimate of drug-likeness (QED) is 0.792. The number of sulfonamides is 1. The third kappa shape index (κ3) is 3.81. The van der Waals surface area contributed by atoms with Crippen molar-refractivity contribution in [1.29, 1.82) is 0 Å². The van der Waals surface area contributed by atoms with E-state index in [1.165, 1.54) is 37.3 Å². The molecule has 0 bridgehead atoms. The molecule has 0 saturated carbocycles. The minimum Gasteiger partial charge on any atom is -0.480 e. The number of carboxylic acids is 1. The Morgan fingerprint density at radius 1 is 0.917 bits per heavy atom. The van der Waals surface area contributed by atoms with Crippen LogP contribution in [0.25, 0.3) is 0 Å². The lowest BCUT2D eigenvalue weighted by atomic mass is 10.4. The minimum atomic E-state index is -4.16. The number of benzene rings is 2. The van der Waals surface area contributed by atoms with Crippen molar-refractivity contribution < 1.29 is 26.7 Å². The number of sulfone groups is 1. The van der Waals surface area contributed by atoms with Crippen LogP contribution in [0.3, 0.4) is 0 Å². The van der Waals surface area contributed by atoms with Crippen LogP contribution >= 0.6 is 0 Å². The van der Waals surface area contributed by atoms with Crippen LogP contribution in [0, 0.1) is 0 Å². The van der Waals surface area contributed by atoms with Gasteiger partial charge < -0.3 is 5.11 Å². The summed E-state index contributed by atoms with van der Waals surface area (Å²) in [5.41, 5.74) is 0. The molecule has 2 aromatic carbocycles. The number of carbonyl (C=O) groups is 1. The van der Waals surface area contributed by atoms with Crippen LogP contribution in [0.1, 0.15) is 6.92 Å². The maximum Gasteiger partial charge on any atom is 0.321 e. The molecule has 2 N–H and O–H groups in total. The van der Waals surface area contributed by atoms with Gasteiger partial charge >= 0.3 is 5.97 Å². The Hall–Kier alpha value is -2.23. The number of hydrogen-bond acceptors (Lipinski definition) is 5. The SMILES string of the molecule is C[C@H](NS(=O)(=O)c1cccc(S(=O)(=O)c2ccccc2)c1)C(=O)O. The summed E-state index contributed by atoms with van der Waals surface area (Å²) >= 11 is 0. The van der Waals surface area contributed by atoms with E-state index in [0.29, 0.717) is 0 Å². The molecule has 2 aromatic rings. The average Bonchev–Trinajstić information content (AvgIpc) is 2.55. The Morgan fingerprint density at radius 3 is 2.04 bits per heavy atom. The molecule has 2 rings (SSSR count). The Kier molecular flexibility index (Phi) is 5.07. The third-order valence-corrected chi connectivity index (χ3v) is 6.49. The first-order chi connectivity index (χ1) is 11.1. The van der Waals surface area contributed by atoms with Gasteiger partial charge in [-0.05, 0) is 37.3 Å². The van der Waals surface area contributed by atoms with E-state index in [0.717, 1.165) is 6.07 Å². The lowest BCUT2D eigenvalue weighted by molar-refractivity contribution is -0.138. The molecule has 0 amide bonds. The summed E-state index contributed by atoms with van der Waals surface area (Å²) < 4.78 is 51.4. The Bertz CT molecular complexity index is 952. The molecule has 7 nitrogen and oxygen atoms in total. The van der Waals surface area contributed by atoms with Crippen molar-refractivity contribution in [3.05, 3.63) is 54.6 Å². The number of hydrogen-bond donors (Lipinski definition) is 2. The highest BCUT2D eigenvalue weighted by molar-refractivity contribution is 7.91. The summed E-state index contributed by atoms with van der Waals surface area (Å²) in [5.74, 6) is -1.34. The second kappa shape index (κ2) is 6.71. The fraction of sp³-hybridized carbons (Fsp3) is 0.133. The van der Waals surface area contributed by atoms with Crippen molar-refractivity contribution in [1.82, 2.24) is 4.72 Å². The van der Waals surface area contributed by atoms with Gasteiger partial charge in [0.25, 0.3) is 0 Å². The van der Waals surface area contributed by atoms with Gasteiger partial charge in [0.1, 0.15) is 6.04 Å². The fourth-order valence-corrected chi connectivity index (χ4v) is 4.54. The molecule has 0 aliphatic rings. The predicted molar refractivity (Wildman–Crippen MR) is 85.8 cm³/mol. The van der Waals surface area contributed by atoms with Crippen molar-refractivity contribution in [2.24, 2.45) is 0 Å². The van der Waals surface area contributed by atoms with E-state index in [1.807, 2.05) is 4.72 Å². The van der Waals surface area contributed by atoms with Crippen molar-refractivity contribution in [3.8, 4) is 0 Å². The molecule has 0 spiro atoms. The van der Waals surface area contributed by atoms with Crippen molar-refractivity contribution in [3.63, 3.8) is 0 Å². The molecule has 0 aliphatic carbocycles. The highest BCUT2D eigenvalue weighted by Crippen LogP contribution is 2.23. The molecule has 0 aromatic heterocycles. The van der Waals surface area contributed by atoms with Crippen molar-refractivity contribution in [2.75, 3.05) is 0 Å². The van der Waals surface area contributed by atoms with Crippen LogP contribution in [-0.4, -0.2) is 34.0 Å². The summed E-state index contributed by atoms with van der Waals surface area (Å²) in [4.78, 5) is 10.3. The predicted octanol–water partition coefficient (Wildman–Crippen LogP) is 1.27. The normalized spacial score (nSPS) is 13.4. The molecule has 0 heterocycles. The summed E-state index contributed by atoms with van der Waals surface area (Å²) in [7, 11) is -8.04. The van der Waals surface area contributed by atoms with Crippen LogP contribution in [0.15, 0.2) is 69.3 Å². The summed E-state index contributed by atoms with van der Waals surface area (Å²) in [6, 6.07) is 11.0. The molecule has 0 aliphatic heterocycles. The second-order valence-electron chi connectivity index (χ2n) is 4.97. The number of aliphatic carboxylic acids is 1. The van der Waals surface area contributed by atoms with E-state index in [1.54, 1.807) is 18.2 Å². The standard InChI is InChI=1S/C15H15NO6S2/c1-11(15(17)18)16-24(21,22)14-9-5-8-13(10-14)23(19,20)12-6-3-2-4-7-12/h2-11,16H,1H3,(H,17,18)/t11-/m0/s1. The molecular formula is C15H15NO6S2. The molecule has 1 atom stereocenters. The first kappa shape index (κ1) is 18.1. The lowest BCUT2D eigenvalue weighted by Gasteiger charge is -2.11. The molecule has 24 heavy (non-hydrogen) atoms. The van der Waals surface area contributed by atoms with Crippen LogP contribution in [0.5, 0.6) is 0 Å². The molecular weight excluding hydrogens is 354 g/mol. The van der Waals surface area contributed by atoms with E-state index < -0.39 is 31.9 Å². The van der Waals surface area contributed by atoms with Gasteiger partial charge in [0, 0.05) is 0 Å². The summed E-state index contributed by atoms with van der Waals surface area (Å²) in [6.07, 6.45) is 0. The maximum absolute atomic E-state index is 12.5. The Morgan fingerprint density at radius 2 is 1.46 bits per heavy atom. The first-order valence-electron chi connectivity index (χ1n) is 6.80.